The van der Waals surface area contributed by atoms with Crippen LogP contribution in [0, 0.1) is 5.82 Å². The van der Waals surface area contributed by atoms with Gasteiger partial charge in [0.1, 0.15) is 36.0 Å². The molecule has 1 saturated heterocycles. The van der Waals surface area contributed by atoms with Gasteiger partial charge in [0.15, 0.2) is 0 Å². The zero-order valence-corrected chi connectivity index (χ0v) is 19.4. The predicted molar refractivity (Wildman–Crippen MR) is 126 cm³/mol. The van der Waals surface area contributed by atoms with Gasteiger partial charge in [-0.1, -0.05) is 29.5 Å². The Morgan fingerprint density at radius 2 is 2.03 bits per heavy atom. The molecular weight excluding hydrogens is 471 g/mol. The first-order chi connectivity index (χ1) is 17.2. The number of nitrogens with one attached hydrogen (secondary N) is 1. The lowest BCUT2D eigenvalue weighted by Gasteiger charge is -2.16. The number of aromatic nitrogens is 3. The smallest absolute Gasteiger partial charge is 0.414 e. The van der Waals surface area contributed by atoms with Crippen molar-refractivity contribution in [1.82, 2.24) is 20.3 Å². The van der Waals surface area contributed by atoms with Crippen LogP contribution in [0.1, 0.15) is 18.2 Å². The molecule has 11 nitrogen and oxygen atoms in total. The van der Waals surface area contributed by atoms with Gasteiger partial charge in [0.2, 0.25) is 5.91 Å². The molecule has 36 heavy (non-hydrogen) atoms. The molecule has 1 unspecified atom stereocenters. The van der Waals surface area contributed by atoms with Crippen LogP contribution in [0.3, 0.4) is 0 Å². The van der Waals surface area contributed by atoms with E-state index in [0.717, 1.165) is 5.56 Å². The Morgan fingerprint density at radius 1 is 1.28 bits per heavy atom. The van der Waals surface area contributed by atoms with Gasteiger partial charge in [-0.15, -0.1) is 5.10 Å². The molecule has 0 saturated carbocycles. The Balaban J connectivity index is 1.37. The summed E-state index contributed by atoms with van der Waals surface area (Å²) in [4.78, 5) is 37.0. The van der Waals surface area contributed by atoms with Crippen molar-refractivity contribution >= 4 is 23.5 Å². The predicted octanol–water partition coefficient (Wildman–Crippen LogP) is 1.13. The van der Waals surface area contributed by atoms with Gasteiger partial charge in [-0.2, -0.15) is 0 Å². The zero-order valence-electron chi connectivity index (χ0n) is 19.4. The normalized spacial score (nSPS) is 16.1. The zero-order chi connectivity index (χ0) is 25.8. The summed E-state index contributed by atoms with van der Waals surface area (Å²) < 4.78 is 21.4. The molecule has 2 atom stereocenters. The van der Waals surface area contributed by atoms with E-state index in [1.54, 1.807) is 36.4 Å². The largest absolute Gasteiger partial charge is 0.442 e. The molecule has 4 rings (SSSR count). The van der Waals surface area contributed by atoms with Crippen LogP contribution in [0.5, 0.6) is 0 Å². The van der Waals surface area contributed by atoms with E-state index in [-0.39, 0.29) is 37.9 Å². The topological polar surface area (TPSA) is 153 Å². The molecule has 188 valence electrons. The van der Waals surface area contributed by atoms with E-state index in [4.69, 9.17) is 15.6 Å². The Kier molecular flexibility index (Phi) is 7.36. The van der Waals surface area contributed by atoms with Crippen LogP contribution in [-0.4, -0.2) is 56.6 Å². The van der Waals surface area contributed by atoms with E-state index in [9.17, 15) is 18.8 Å². The summed E-state index contributed by atoms with van der Waals surface area (Å²) >= 11 is 0. The van der Waals surface area contributed by atoms with Crippen molar-refractivity contribution < 1.29 is 28.6 Å². The number of amides is 2. The van der Waals surface area contributed by atoms with E-state index in [0.29, 0.717) is 22.5 Å². The van der Waals surface area contributed by atoms with E-state index in [1.165, 1.54) is 28.8 Å². The minimum absolute atomic E-state index is 0.0331. The standard InChI is InChI=1S/C24H25FN6O5/c1-14(33)23(26)21-11-31(24(35)36-21)18-6-7-19(20(25)8-18)16-4-2-15(3-5-16)9-27-22(34)12-30-10-17(13-32)28-29-30/h2-8,10,21,23,32H,9,11-13,26H2,1H3,(H,27,34)/t21?,23-/m1/s1. The number of aliphatic hydroxyl groups excluding tert-OH is 1. The lowest BCUT2D eigenvalue weighted by Crippen LogP contribution is -2.43. The van der Waals surface area contributed by atoms with Crippen LogP contribution in [0.2, 0.25) is 0 Å². The van der Waals surface area contributed by atoms with E-state index >= 15 is 0 Å². The Labute approximate surface area is 205 Å². The van der Waals surface area contributed by atoms with Gasteiger partial charge < -0.3 is 20.9 Å². The van der Waals surface area contributed by atoms with Gasteiger partial charge in [0.25, 0.3) is 0 Å². The minimum atomic E-state index is -0.937. The monoisotopic (exact) mass is 496 g/mol. The van der Waals surface area contributed by atoms with Crippen LogP contribution in [0.25, 0.3) is 11.1 Å². The molecule has 12 heteroatoms. The van der Waals surface area contributed by atoms with Crippen LogP contribution < -0.4 is 16.0 Å². The van der Waals surface area contributed by atoms with Gasteiger partial charge >= 0.3 is 6.09 Å². The van der Waals surface area contributed by atoms with Gasteiger partial charge in [0, 0.05) is 12.1 Å². The third kappa shape index (κ3) is 5.56. The number of benzene rings is 2. The maximum absolute atomic E-state index is 14.9. The molecule has 0 spiro atoms. The summed E-state index contributed by atoms with van der Waals surface area (Å²) in [5.41, 5.74) is 8.23. The van der Waals surface area contributed by atoms with E-state index < -0.39 is 24.1 Å². The number of nitrogens with zero attached hydrogens (tertiary/aromatic N) is 4. The second-order valence-corrected chi connectivity index (χ2v) is 8.37. The summed E-state index contributed by atoms with van der Waals surface area (Å²) in [6.07, 6.45) is 0.00757. The molecule has 0 bridgehead atoms. The first-order valence-corrected chi connectivity index (χ1v) is 11.1. The summed E-state index contributed by atoms with van der Waals surface area (Å²) in [5.74, 6) is -1.11. The number of aliphatic hydroxyl groups is 1. The number of carbonyl (C=O) groups is 3. The highest BCUT2D eigenvalue weighted by molar-refractivity contribution is 5.92. The summed E-state index contributed by atoms with van der Waals surface area (Å²) in [5, 5.41) is 19.2. The van der Waals surface area contributed by atoms with Crippen LogP contribution in [0.4, 0.5) is 14.9 Å². The van der Waals surface area contributed by atoms with Crippen LogP contribution in [0.15, 0.2) is 48.7 Å². The molecule has 4 N–H and O–H groups in total. The highest BCUT2D eigenvalue weighted by Crippen LogP contribution is 2.29. The quantitative estimate of drug-likeness (QED) is 0.399. The molecular formula is C24H25FN6O5. The SMILES string of the molecule is CC(=O)[C@@H](N)C1CN(c2ccc(-c3ccc(CNC(=O)Cn4cc(CO)nn4)cc3)c(F)c2)C(=O)O1. The summed E-state index contributed by atoms with van der Waals surface area (Å²) in [6.45, 7) is 1.36. The Morgan fingerprint density at radius 3 is 2.67 bits per heavy atom. The number of ketones is 1. The number of hydrogen-bond acceptors (Lipinski definition) is 8. The van der Waals surface area contributed by atoms with Crippen LogP contribution in [-0.2, 0) is 34.0 Å². The molecule has 2 heterocycles. The maximum atomic E-state index is 14.9. The van der Waals surface area contributed by atoms with Crippen molar-refractivity contribution in [2.45, 2.75) is 38.8 Å². The third-order valence-electron chi connectivity index (χ3n) is 5.78. The molecule has 2 aromatic carbocycles. The third-order valence-corrected chi connectivity index (χ3v) is 5.78. The second kappa shape index (κ2) is 10.6. The number of hydrogen-bond donors (Lipinski definition) is 3. The number of carbonyl (C=O) groups excluding carboxylic acids is 3. The number of ether oxygens (including phenoxy) is 1. The fourth-order valence-corrected chi connectivity index (χ4v) is 3.74. The van der Waals surface area contributed by atoms with Crippen molar-refractivity contribution in [3.63, 3.8) is 0 Å². The number of halogens is 1. The average molecular weight is 496 g/mol. The highest BCUT2D eigenvalue weighted by atomic mass is 19.1. The molecule has 1 aliphatic rings. The van der Waals surface area contributed by atoms with Crippen molar-refractivity contribution in [2.24, 2.45) is 5.73 Å². The number of Topliss-reactive ketones (excluding diaryl/α,β-unsaturated/α-hetero) is 1. The summed E-state index contributed by atoms with van der Waals surface area (Å²) in [7, 11) is 0. The molecule has 1 fully saturated rings. The van der Waals surface area contributed by atoms with Crippen molar-refractivity contribution in [3.05, 3.63) is 65.7 Å². The van der Waals surface area contributed by atoms with E-state index in [2.05, 4.69) is 15.6 Å². The molecule has 0 aliphatic carbocycles. The second-order valence-electron chi connectivity index (χ2n) is 8.37. The first kappa shape index (κ1) is 24.9. The van der Waals surface area contributed by atoms with Gasteiger partial charge in [0.05, 0.1) is 25.0 Å². The molecule has 0 radical (unpaired) electrons. The lowest BCUT2D eigenvalue weighted by molar-refractivity contribution is -0.122. The number of rotatable bonds is 9. The van der Waals surface area contributed by atoms with Gasteiger partial charge in [-0.25, -0.2) is 13.9 Å². The van der Waals surface area contributed by atoms with Gasteiger partial charge in [-0.3, -0.25) is 14.5 Å². The molecule has 2 amide bonds. The molecule has 1 aromatic heterocycles. The highest BCUT2D eigenvalue weighted by Gasteiger charge is 2.37. The molecule has 1 aliphatic heterocycles. The van der Waals surface area contributed by atoms with Crippen molar-refractivity contribution in [3.8, 4) is 11.1 Å². The number of anilines is 1. The number of nitrogens with two attached hydrogens (primary N) is 1. The Hall–Kier alpha value is -4.16. The van der Waals surface area contributed by atoms with Gasteiger partial charge in [-0.05, 0) is 36.2 Å². The van der Waals surface area contributed by atoms with Crippen molar-refractivity contribution in [1.29, 1.82) is 0 Å². The lowest BCUT2D eigenvalue weighted by atomic mass is 10.0. The van der Waals surface area contributed by atoms with Crippen molar-refractivity contribution in [2.75, 3.05) is 11.4 Å². The fraction of sp³-hybridized carbons (Fsp3) is 0.292. The first-order valence-electron chi connectivity index (χ1n) is 11.1. The fourth-order valence-electron chi connectivity index (χ4n) is 3.74. The maximum Gasteiger partial charge on any atom is 0.414 e. The minimum Gasteiger partial charge on any atom is -0.442 e. The Bertz CT molecular complexity index is 1280. The van der Waals surface area contributed by atoms with E-state index in [1.807, 2.05) is 0 Å². The summed E-state index contributed by atoms with van der Waals surface area (Å²) in [6, 6.07) is 10.5. The number of cyclic esters (lactones) is 1. The molecule has 3 aromatic rings. The average Bonchev–Trinajstić information content (AvgIpc) is 3.48. The van der Waals surface area contributed by atoms with Crippen LogP contribution >= 0.6 is 0 Å².